The molecule has 5 nitrogen and oxygen atoms in total. The van der Waals surface area contributed by atoms with Crippen LogP contribution in [0, 0.1) is 0 Å². The molecule has 106 valence electrons. The largest absolute Gasteiger partial charge is 0.385 e. The number of carbonyl (C=O) groups is 1. The predicted octanol–water partition coefficient (Wildman–Crippen LogP) is 2.25. The molecule has 2 atom stereocenters. The van der Waals surface area contributed by atoms with Gasteiger partial charge in [-0.3, -0.25) is 0 Å². The standard InChI is InChI=1S/C14H23N3O2/c1-10(7-8-19-3)16-14(18)17-13-6-4-5-12(9-13)11(2)15/h4-6,9-11H,7-8,15H2,1-3H3,(H2,16,17,18). The van der Waals surface area contributed by atoms with E-state index >= 15 is 0 Å². The molecule has 0 aliphatic heterocycles. The van der Waals surface area contributed by atoms with Crippen LogP contribution in [0.3, 0.4) is 0 Å². The Morgan fingerprint density at radius 1 is 1.42 bits per heavy atom. The number of anilines is 1. The first-order chi connectivity index (χ1) is 9.02. The van der Waals surface area contributed by atoms with E-state index < -0.39 is 0 Å². The van der Waals surface area contributed by atoms with Crippen molar-refractivity contribution in [3.8, 4) is 0 Å². The fourth-order valence-electron chi connectivity index (χ4n) is 1.66. The molecule has 0 aliphatic carbocycles. The second-order valence-corrected chi connectivity index (χ2v) is 4.70. The highest BCUT2D eigenvalue weighted by molar-refractivity contribution is 5.89. The average molecular weight is 265 g/mol. The Morgan fingerprint density at radius 2 is 2.16 bits per heavy atom. The first-order valence-electron chi connectivity index (χ1n) is 6.45. The van der Waals surface area contributed by atoms with Gasteiger partial charge in [-0.1, -0.05) is 12.1 Å². The van der Waals surface area contributed by atoms with Crippen LogP contribution in [0.2, 0.25) is 0 Å². The van der Waals surface area contributed by atoms with E-state index in [0.717, 1.165) is 17.7 Å². The Morgan fingerprint density at radius 3 is 2.79 bits per heavy atom. The molecule has 0 heterocycles. The average Bonchev–Trinajstić information content (AvgIpc) is 2.36. The highest BCUT2D eigenvalue weighted by Gasteiger charge is 2.08. The van der Waals surface area contributed by atoms with Crippen molar-refractivity contribution in [3.63, 3.8) is 0 Å². The number of hydrogen-bond acceptors (Lipinski definition) is 3. The molecule has 0 spiro atoms. The summed E-state index contributed by atoms with van der Waals surface area (Å²) in [5.74, 6) is 0. The lowest BCUT2D eigenvalue weighted by Crippen LogP contribution is -2.36. The van der Waals surface area contributed by atoms with Gasteiger partial charge in [0.25, 0.3) is 0 Å². The van der Waals surface area contributed by atoms with E-state index in [4.69, 9.17) is 10.5 Å². The molecule has 4 N–H and O–H groups in total. The summed E-state index contributed by atoms with van der Waals surface area (Å²) in [6.45, 7) is 4.48. The summed E-state index contributed by atoms with van der Waals surface area (Å²) in [6, 6.07) is 7.33. The molecule has 0 radical (unpaired) electrons. The zero-order valence-electron chi connectivity index (χ0n) is 11.8. The number of hydrogen-bond donors (Lipinski definition) is 3. The van der Waals surface area contributed by atoms with Crippen LogP contribution < -0.4 is 16.4 Å². The van der Waals surface area contributed by atoms with E-state index in [-0.39, 0.29) is 18.1 Å². The van der Waals surface area contributed by atoms with Crippen molar-refractivity contribution < 1.29 is 9.53 Å². The summed E-state index contributed by atoms with van der Waals surface area (Å²) in [5, 5.41) is 5.65. The van der Waals surface area contributed by atoms with Crippen molar-refractivity contribution in [2.75, 3.05) is 19.0 Å². The molecule has 2 amide bonds. The van der Waals surface area contributed by atoms with Crippen molar-refractivity contribution in [2.45, 2.75) is 32.4 Å². The molecular weight excluding hydrogens is 242 g/mol. The smallest absolute Gasteiger partial charge is 0.319 e. The van der Waals surface area contributed by atoms with Gasteiger partial charge < -0.3 is 21.1 Å². The maximum atomic E-state index is 11.8. The van der Waals surface area contributed by atoms with Crippen LogP contribution in [0.4, 0.5) is 10.5 Å². The number of amides is 2. The Hall–Kier alpha value is -1.59. The Labute approximate surface area is 114 Å². The predicted molar refractivity (Wildman–Crippen MR) is 77.2 cm³/mol. The van der Waals surface area contributed by atoms with Gasteiger partial charge in [0.05, 0.1) is 0 Å². The number of carbonyl (C=O) groups excluding carboxylic acids is 1. The molecule has 0 saturated carbocycles. The molecule has 1 aromatic rings. The van der Waals surface area contributed by atoms with Crippen LogP contribution in [-0.4, -0.2) is 25.8 Å². The molecule has 0 saturated heterocycles. The van der Waals surface area contributed by atoms with Crippen molar-refractivity contribution in [3.05, 3.63) is 29.8 Å². The zero-order chi connectivity index (χ0) is 14.3. The first-order valence-corrected chi connectivity index (χ1v) is 6.45. The van der Waals surface area contributed by atoms with Crippen LogP contribution >= 0.6 is 0 Å². The molecular formula is C14H23N3O2. The third-order valence-electron chi connectivity index (χ3n) is 2.80. The number of nitrogens with one attached hydrogen (secondary N) is 2. The monoisotopic (exact) mass is 265 g/mol. The van der Waals surface area contributed by atoms with Crippen LogP contribution in [0.25, 0.3) is 0 Å². The second kappa shape index (κ2) is 7.76. The highest BCUT2D eigenvalue weighted by Crippen LogP contribution is 2.15. The second-order valence-electron chi connectivity index (χ2n) is 4.70. The molecule has 1 rings (SSSR count). The van der Waals surface area contributed by atoms with Crippen molar-refractivity contribution in [1.82, 2.24) is 5.32 Å². The van der Waals surface area contributed by atoms with E-state index in [1.165, 1.54) is 0 Å². The number of methoxy groups -OCH3 is 1. The summed E-state index contributed by atoms with van der Waals surface area (Å²) in [6.07, 6.45) is 0.782. The van der Waals surface area contributed by atoms with E-state index in [9.17, 15) is 4.79 Å². The van der Waals surface area contributed by atoms with E-state index in [1.54, 1.807) is 7.11 Å². The van der Waals surface area contributed by atoms with E-state index in [1.807, 2.05) is 38.1 Å². The zero-order valence-corrected chi connectivity index (χ0v) is 11.8. The third kappa shape index (κ3) is 5.72. The van der Waals surface area contributed by atoms with Crippen molar-refractivity contribution in [1.29, 1.82) is 0 Å². The van der Waals surface area contributed by atoms with Gasteiger partial charge >= 0.3 is 6.03 Å². The molecule has 1 aromatic carbocycles. The molecule has 19 heavy (non-hydrogen) atoms. The Bertz CT molecular complexity index is 407. The van der Waals surface area contributed by atoms with Gasteiger partial charge in [-0.2, -0.15) is 0 Å². The molecule has 0 aliphatic rings. The summed E-state index contributed by atoms with van der Waals surface area (Å²) < 4.78 is 4.97. The van der Waals surface area contributed by atoms with Crippen LogP contribution in [-0.2, 0) is 4.74 Å². The van der Waals surface area contributed by atoms with Crippen LogP contribution in [0.1, 0.15) is 31.9 Å². The quantitative estimate of drug-likeness (QED) is 0.738. The van der Waals surface area contributed by atoms with Crippen LogP contribution in [0.5, 0.6) is 0 Å². The number of nitrogens with two attached hydrogens (primary N) is 1. The molecule has 5 heteroatoms. The van der Waals surface area contributed by atoms with Gasteiger partial charge in [0.2, 0.25) is 0 Å². The maximum absolute atomic E-state index is 11.8. The number of rotatable bonds is 6. The molecule has 0 fully saturated rings. The summed E-state index contributed by atoms with van der Waals surface area (Å²) in [7, 11) is 1.65. The van der Waals surface area contributed by atoms with Crippen LogP contribution in [0.15, 0.2) is 24.3 Å². The Kier molecular flexibility index (Phi) is 6.32. The van der Waals surface area contributed by atoms with Gasteiger partial charge in [0.1, 0.15) is 0 Å². The minimum absolute atomic E-state index is 0.0505. The molecule has 2 unspecified atom stereocenters. The van der Waals surface area contributed by atoms with Gasteiger partial charge in [-0.25, -0.2) is 4.79 Å². The third-order valence-corrected chi connectivity index (χ3v) is 2.80. The first kappa shape index (κ1) is 15.5. The van der Waals surface area contributed by atoms with E-state index in [2.05, 4.69) is 10.6 Å². The number of urea groups is 1. The summed E-state index contributed by atoms with van der Waals surface area (Å²) in [4.78, 5) is 11.8. The number of benzene rings is 1. The highest BCUT2D eigenvalue weighted by atomic mass is 16.5. The SMILES string of the molecule is COCCC(C)NC(=O)Nc1cccc(C(C)N)c1. The normalized spacial score (nSPS) is 13.7. The maximum Gasteiger partial charge on any atom is 0.319 e. The fraction of sp³-hybridized carbons (Fsp3) is 0.500. The topological polar surface area (TPSA) is 76.4 Å². The van der Waals surface area contributed by atoms with E-state index in [0.29, 0.717) is 6.61 Å². The lowest BCUT2D eigenvalue weighted by molar-refractivity contribution is 0.185. The van der Waals surface area contributed by atoms with Gasteiger partial charge in [-0.15, -0.1) is 0 Å². The van der Waals surface area contributed by atoms with Gasteiger partial charge in [0, 0.05) is 31.5 Å². The summed E-state index contributed by atoms with van der Waals surface area (Å²) in [5.41, 5.74) is 7.54. The minimum atomic E-state index is -0.217. The lowest BCUT2D eigenvalue weighted by Gasteiger charge is -2.15. The minimum Gasteiger partial charge on any atom is -0.385 e. The Balaban J connectivity index is 2.50. The molecule has 0 bridgehead atoms. The molecule has 0 aromatic heterocycles. The summed E-state index contributed by atoms with van der Waals surface area (Å²) >= 11 is 0. The van der Waals surface area contributed by atoms with Crippen molar-refractivity contribution >= 4 is 11.7 Å². The fourth-order valence-corrected chi connectivity index (χ4v) is 1.66. The van der Waals surface area contributed by atoms with Gasteiger partial charge in [-0.05, 0) is 38.0 Å². The lowest BCUT2D eigenvalue weighted by atomic mass is 10.1. The number of ether oxygens (including phenoxy) is 1. The van der Waals surface area contributed by atoms with Crippen molar-refractivity contribution in [2.24, 2.45) is 5.73 Å². The van der Waals surface area contributed by atoms with Gasteiger partial charge in [0.15, 0.2) is 0 Å².